The van der Waals surface area contributed by atoms with Gasteiger partial charge >= 0.3 is 0 Å². The molecule has 7 rings (SSSR count). The van der Waals surface area contributed by atoms with E-state index in [1.165, 1.54) is 0 Å². The van der Waals surface area contributed by atoms with Crippen LogP contribution < -0.4 is 21.3 Å². The molecule has 0 bridgehead atoms. The van der Waals surface area contributed by atoms with Gasteiger partial charge in [0.15, 0.2) is 11.3 Å². The molecule has 0 saturated heterocycles. The summed E-state index contributed by atoms with van der Waals surface area (Å²) < 4.78 is 0. The first-order valence-corrected chi connectivity index (χ1v) is 12.2. The Morgan fingerprint density at radius 2 is 0.694 bits per heavy atom. The molecular weight excluding hydrogens is 442 g/mol. The molecule has 0 atom stereocenters. The summed E-state index contributed by atoms with van der Waals surface area (Å²) in [7, 11) is 0. The van der Waals surface area contributed by atoms with Crippen LogP contribution in [-0.4, -0.2) is 4.98 Å². The lowest BCUT2D eigenvalue weighted by Gasteiger charge is -2.34. The van der Waals surface area contributed by atoms with E-state index in [0.29, 0.717) is 0 Å². The van der Waals surface area contributed by atoms with Gasteiger partial charge in [-0.15, -0.1) is 0 Å². The van der Waals surface area contributed by atoms with Crippen LogP contribution in [0.1, 0.15) is 22.5 Å². The van der Waals surface area contributed by atoms with Crippen LogP contribution in [0.2, 0.25) is 0 Å². The fourth-order valence-corrected chi connectivity index (χ4v) is 5.34. The Morgan fingerprint density at radius 1 is 0.361 bits per heavy atom. The number of para-hydroxylation sites is 4. The summed E-state index contributed by atoms with van der Waals surface area (Å²) in [5.74, 6) is 0. The van der Waals surface area contributed by atoms with Gasteiger partial charge in [0.2, 0.25) is 0 Å². The van der Waals surface area contributed by atoms with E-state index in [-0.39, 0.29) is 0 Å². The van der Waals surface area contributed by atoms with E-state index in [1.54, 1.807) is 0 Å². The number of hydrogen-bond acceptors (Lipinski definition) is 5. The van der Waals surface area contributed by atoms with Gasteiger partial charge in [0.05, 0.1) is 34.1 Å². The highest BCUT2D eigenvalue weighted by molar-refractivity contribution is 5.80. The molecule has 0 spiro atoms. The smallest absolute Gasteiger partial charge is 0.178 e. The van der Waals surface area contributed by atoms with Gasteiger partial charge in [-0.2, -0.15) is 0 Å². The summed E-state index contributed by atoms with van der Waals surface area (Å²) in [6.45, 7) is 0. The summed E-state index contributed by atoms with van der Waals surface area (Å²) in [6.07, 6.45) is 0. The maximum Gasteiger partial charge on any atom is 0.178 e. The topological polar surface area (TPSA) is 61.0 Å². The minimum atomic E-state index is -0.704. The molecule has 4 N–H and O–H groups in total. The second kappa shape index (κ2) is 7.89. The molecule has 5 nitrogen and oxygen atoms in total. The van der Waals surface area contributed by atoms with E-state index in [2.05, 4.69) is 112 Å². The predicted molar refractivity (Wildman–Crippen MR) is 146 cm³/mol. The van der Waals surface area contributed by atoms with Gasteiger partial charge in [0, 0.05) is 11.1 Å². The zero-order valence-corrected chi connectivity index (χ0v) is 19.6. The van der Waals surface area contributed by atoms with Gasteiger partial charge in [0.25, 0.3) is 0 Å². The number of benzene rings is 4. The third-order valence-electron chi connectivity index (χ3n) is 7.07. The lowest BCUT2D eigenvalue weighted by atomic mass is 9.92. The minimum absolute atomic E-state index is 0.704. The van der Waals surface area contributed by atoms with Gasteiger partial charge in [0.1, 0.15) is 0 Å². The van der Waals surface area contributed by atoms with Crippen LogP contribution in [-0.2, 0) is 11.3 Å². The fraction of sp³-hybridized carbons (Fsp3) is 0.0645. The molecule has 0 fully saturated rings. The molecule has 0 unspecified atom stereocenters. The molecular formula is C31H25N5. The number of anilines is 4. The SMILES string of the molecule is c1ccc(C2(c3cccc(C4(c5ccccc5)Nc5ccccc5N4)n3)Nc3ccccc3N2)cc1. The van der Waals surface area contributed by atoms with Gasteiger partial charge in [-0.3, -0.25) is 0 Å². The molecule has 2 aliphatic rings. The summed E-state index contributed by atoms with van der Waals surface area (Å²) in [6, 6.07) is 43.7. The average Bonchev–Trinajstić information content (AvgIpc) is 3.55. The molecule has 5 heteroatoms. The van der Waals surface area contributed by atoms with Crippen molar-refractivity contribution in [3.8, 4) is 0 Å². The summed E-state index contributed by atoms with van der Waals surface area (Å²) >= 11 is 0. The van der Waals surface area contributed by atoms with Gasteiger partial charge in [-0.05, 0) is 36.4 Å². The van der Waals surface area contributed by atoms with Crippen molar-refractivity contribution < 1.29 is 0 Å². The Morgan fingerprint density at radius 3 is 1.06 bits per heavy atom. The van der Waals surface area contributed by atoms with E-state index < -0.39 is 11.3 Å². The highest BCUT2D eigenvalue weighted by Crippen LogP contribution is 2.45. The summed E-state index contributed by atoms with van der Waals surface area (Å²) in [4.78, 5) is 5.35. The zero-order valence-electron chi connectivity index (χ0n) is 19.6. The highest BCUT2D eigenvalue weighted by atomic mass is 15.3. The van der Waals surface area contributed by atoms with E-state index in [1.807, 2.05) is 36.4 Å². The number of nitrogens with zero attached hydrogens (tertiary/aromatic N) is 1. The van der Waals surface area contributed by atoms with Crippen LogP contribution in [0.5, 0.6) is 0 Å². The first kappa shape index (κ1) is 20.6. The monoisotopic (exact) mass is 467 g/mol. The lowest BCUT2D eigenvalue weighted by molar-refractivity contribution is 0.629. The maximum absolute atomic E-state index is 5.35. The van der Waals surface area contributed by atoms with Crippen LogP contribution in [0, 0.1) is 0 Å². The predicted octanol–water partition coefficient (Wildman–Crippen LogP) is 6.56. The van der Waals surface area contributed by atoms with Gasteiger partial charge in [-0.25, -0.2) is 4.98 Å². The third kappa shape index (κ3) is 3.06. The number of hydrogen-bond donors (Lipinski definition) is 4. The Kier molecular flexibility index (Phi) is 4.51. The quantitative estimate of drug-likeness (QED) is 0.241. The van der Waals surface area contributed by atoms with Crippen molar-refractivity contribution in [2.24, 2.45) is 0 Å². The average molecular weight is 468 g/mol. The van der Waals surface area contributed by atoms with Crippen LogP contribution in [0.4, 0.5) is 22.7 Å². The van der Waals surface area contributed by atoms with Crippen LogP contribution in [0.15, 0.2) is 127 Å². The highest BCUT2D eigenvalue weighted by Gasteiger charge is 2.44. The van der Waals surface area contributed by atoms with Gasteiger partial charge < -0.3 is 21.3 Å². The minimum Gasteiger partial charge on any atom is -0.352 e. The molecule has 0 aliphatic carbocycles. The molecule has 5 aromatic rings. The van der Waals surface area contributed by atoms with Crippen LogP contribution in [0.25, 0.3) is 0 Å². The van der Waals surface area contributed by atoms with Crippen molar-refractivity contribution in [3.05, 3.63) is 150 Å². The molecule has 2 aliphatic heterocycles. The second-order valence-electron chi connectivity index (χ2n) is 9.23. The summed E-state index contributed by atoms with van der Waals surface area (Å²) in [5, 5.41) is 15.0. The second-order valence-corrected chi connectivity index (χ2v) is 9.23. The molecule has 0 radical (unpaired) electrons. The molecule has 174 valence electrons. The van der Waals surface area contributed by atoms with Crippen molar-refractivity contribution in [3.63, 3.8) is 0 Å². The van der Waals surface area contributed by atoms with Crippen molar-refractivity contribution in [2.45, 2.75) is 11.3 Å². The lowest BCUT2D eigenvalue weighted by Crippen LogP contribution is -2.44. The maximum atomic E-state index is 5.35. The number of nitrogens with one attached hydrogen (secondary N) is 4. The third-order valence-corrected chi connectivity index (χ3v) is 7.07. The van der Waals surface area contributed by atoms with Crippen molar-refractivity contribution in [2.75, 3.05) is 21.3 Å². The summed E-state index contributed by atoms with van der Waals surface area (Å²) in [5.41, 5.74) is 6.76. The van der Waals surface area contributed by atoms with E-state index in [4.69, 9.17) is 4.98 Å². The molecule has 4 aromatic carbocycles. The Hall–Kier alpha value is -4.77. The molecule has 0 amide bonds. The van der Waals surface area contributed by atoms with Crippen LogP contribution >= 0.6 is 0 Å². The molecule has 36 heavy (non-hydrogen) atoms. The number of pyridine rings is 1. The first-order chi connectivity index (χ1) is 17.8. The Labute approximate surface area is 210 Å². The van der Waals surface area contributed by atoms with Crippen LogP contribution in [0.3, 0.4) is 0 Å². The largest absolute Gasteiger partial charge is 0.352 e. The molecule has 0 saturated carbocycles. The Bertz CT molecular complexity index is 1380. The van der Waals surface area contributed by atoms with Crippen molar-refractivity contribution in [1.82, 2.24) is 4.98 Å². The number of rotatable bonds is 4. The van der Waals surface area contributed by atoms with E-state index >= 15 is 0 Å². The first-order valence-electron chi connectivity index (χ1n) is 12.2. The molecule has 1 aromatic heterocycles. The molecule has 3 heterocycles. The van der Waals surface area contributed by atoms with E-state index in [0.717, 1.165) is 45.3 Å². The normalized spacial score (nSPS) is 16.0. The number of fused-ring (bicyclic) bond motifs is 2. The standard InChI is InChI=1S/C31H25N5/c1-3-12-22(13-4-1)30(33-24-16-7-8-17-25(24)34-30)28-20-11-21-29(32-28)31(23-14-5-2-6-15-23)35-26-18-9-10-19-27(26)36-31/h1-21,33-36H. The van der Waals surface area contributed by atoms with E-state index in [9.17, 15) is 0 Å². The van der Waals surface area contributed by atoms with Gasteiger partial charge in [-0.1, -0.05) is 91.0 Å². The zero-order chi connectivity index (χ0) is 24.0. The number of aromatic nitrogens is 1. The Balaban J connectivity index is 1.41. The van der Waals surface area contributed by atoms with Crippen molar-refractivity contribution >= 4 is 22.7 Å². The fourth-order valence-electron chi connectivity index (χ4n) is 5.34. The van der Waals surface area contributed by atoms with Crippen molar-refractivity contribution in [1.29, 1.82) is 0 Å².